The van der Waals surface area contributed by atoms with E-state index in [0.717, 1.165) is 31.4 Å². The molecular formula is C20H20ClFN4OS. The number of thioether (sulfide) groups is 1. The second-order valence-corrected chi connectivity index (χ2v) is 8.71. The van der Waals surface area contributed by atoms with Crippen LogP contribution in [0.3, 0.4) is 0 Å². The second kappa shape index (κ2) is 7.37. The van der Waals surface area contributed by atoms with E-state index in [2.05, 4.69) is 4.98 Å². The zero-order valence-electron chi connectivity index (χ0n) is 15.1. The minimum Gasteiger partial charge on any atom is -0.379 e. The van der Waals surface area contributed by atoms with Gasteiger partial charge < -0.3 is 11.5 Å². The zero-order valence-corrected chi connectivity index (χ0v) is 16.7. The van der Waals surface area contributed by atoms with E-state index >= 15 is 4.39 Å². The number of primary amides is 1. The van der Waals surface area contributed by atoms with E-state index in [1.807, 2.05) is 0 Å². The van der Waals surface area contributed by atoms with E-state index in [1.165, 1.54) is 24.0 Å². The number of amides is 1. The second-order valence-electron chi connectivity index (χ2n) is 7.24. The van der Waals surface area contributed by atoms with Gasteiger partial charge in [-0.05, 0) is 42.5 Å². The maximum Gasteiger partial charge on any atom is 0.267 e. The van der Waals surface area contributed by atoms with E-state index in [4.69, 9.17) is 28.1 Å². The van der Waals surface area contributed by atoms with Crippen LogP contribution in [0.25, 0.3) is 11.1 Å². The fourth-order valence-electron chi connectivity index (χ4n) is 4.31. The Kier molecular flexibility index (Phi) is 5.05. The number of carbonyl (C=O) groups excluding carboxylic acids is 1. The van der Waals surface area contributed by atoms with Gasteiger partial charge >= 0.3 is 0 Å². The molecule has 28 heavy (non-hydrogen) atoms. The summed E-state index contributed by atoms with van der Waals surface area (Å²) in [6.07, 6.45) is 5.17. The third kappa shape index (κ3) is 3.26. The number of aliphatic imine (C=N–C) groups is 1. The molecular weight excluding hydrogens is 399 g/mol. The molecule has 1 saturated carbocycles. The number of carbonyl (C=O) groups is 1. The summed E-state index contributed by atoms with van der Waals surface area (Å²) < 4.78 is 15.1. The van der Waals surface area contributed by atoms with Crippen LogP contribution in [-0.2, 0) is 5.54 Å². The van der Waals surface area contributed by atoms with Crippen molar-refractivity contribution in [3.8, 4) is 11.1 Å². The van der Waals surface area contributed by atoms with Crippen LogP contribution in [0.15, 0.2) is 35.5 Å². The molecule has 1 amide bonds. The van der Waals surface area contributed by atoms with Gasteiger partial charge in [-0.1, -0.05) is 42.3 Å². The van der Waals surface area contributed by atoms with Gasteiger partial charge in [0, 0.05) is 23.1 Å². The predicted molar refractivity (Wildman–Crippen MR) is 111 cm³/mol. The number of nitrogens with zero attached hydrogens (tertiary/aromatic N) is 2. The van der Waals surface area contributed by atoms with Crippen molar-refractivity contribution in [3.05, 3.63) is 52.6 Å². The van der Waals surface area contributed by atoms with E-state index in [-0.39, 0.29) is 17.4 Å². The van der Waals surface area contributed by atoms with Gasteiger partial charge in [0.25, 0.3) is 5.91 Å². The molecule has 1 fully saturated rings. The van der Waals surface area contributed by atoms with Crippen molar-refractivity contribution in [2.24, 2.45) is 22.4 Å². The topological polar surface area (TPSA) is 94.4 Å². The molecule has 2 aliphatic rings. The van der Waals surface area contributed by atoms with Gasteiger partial charge in [0.2, 0.25) is 0 Å². The van der Waals surface area contributed by atoms with Crippen molar-refractivity contribution in [1.82, 2.24) is 4.98 Å². The molecule has 0 bridgehead atoms. The minimum atomic E-state index is -0.674. The molecule has 0 radical (unpaired) electrons. The number of benzene rings is 1. The highest BCUT2D eigenvalue weighted by molar-refractivity contribution is 8.13. The standard InChI is InChI=1S/C20H20ClFN4OS/c21-13-8-14(17(18(23)27)25-9-13)11-4-5-16(22)15(7-11)20-6-2-1-3-12(20)10-28-19(24)26-20/h4-5,7-9,12H,1-3,6,10H2,(H2,23,27)(H2,24,26)/t12-,20-/m0/s1. The molecule has 2 aromatic rings. The van der Waals surface area contributed by atoms with Crippen molar-refractivity contribution in [1.29, 1.82) is 0 Å². The van der Waals surface area contributed by atoms with E-state index in [1.54, 1.807) is 18.2 Å². The Hall–Kier alpha value is -2.12. The molecule has 1 aliphatic heterocycles. The first-order valence-electron chi connectivity index (χ1n) is 9.14. The normalized spacial score (nSPS) is 24.4. The number of pyridine rings is 1. The van der Waals surface area contributed by atoms with Crippen molar-refractivity contribution >= 4 is 34.4 Å². The van der Waals surface area contributed by atoms with Gasteiger partial charge in [0.05, 0.1) is 10.6 Å². The van der Waals surface area contributed by atoms with Crippen LogP contribution < -0.4 is 11.5 Å². The van der Waals surface area contributed by atoms with Crippen molar-refractivity contribution in [2.45, 2.75) is 31.2 Å². The third-order valence-corrected chi connectivity index (χ3v) is 6.77. The molecule has 8 heteroatoms. The lowest BCUT2D eigenvalue weighted by molar-refractivity contribution is 0.0996. The van der Waals surface area contributed by atoms with Gasteiger partial charge in [-0.3, -0.25) is 9.79 Å². The fraction of sp³-hybridized carbons (Fsp3) is 0.350. The van der Waals surface area contributed by atoms with Crippen molar-refractivity contribution < 1.29 is 9.18 Å². The highest BCUT2D eigenvalue weighted by atomic mass is 35.5. The molecule has 0 saturated heterocycles. The number of rotatable bonds is 3. The van der Waals surface area contributed by atoms with Crippen LogP contribution in [0.4, 0.5) is 4.39 Å². The highest BCUT2D eigenvalue weighted by Gasteiger charge is 2.46. The van der Waals surface area contributed by atoms with Gasteiger partial charge in [0.1, 0.15) is 11.5 Å². The molecule has 2 heterocycles. The van der Waals surface area contributed by atoms with E-state index < -0.39 is 11.4 Å². The minimum absolute atomic E-state index is 0.0990. The van der Waals surface area contributed by atoms with Crippen LogP contribution in [0, 0.1) is 11.7 Å². The lowest BCUT2D eigenvalue weighted by Crippen LogP contribution is -2.43. The van der Waals surface area contributed by atoms with Crippen molar-refractivity contribution in [2.75, 3.05) is 5.75 Å². The maximum atomic E-state index is 15.1. The molecule has 1 aromatic heterocycles. The Morgan fingerprint density at radius 3 is 2.93 bits per heavy atom. The summed E-state index contributed by atoms with van der Waals surface area (Å²) in [6, 6.07) is 6.39. The SMILES string of the molecule is NC(=O)c1ncc(Cl)cc1-c1ccc(F)c([C@]23CCCC[C@H]2CSC(N)=N3)c1. The highest BCUT2D eigenvalue weighted by Crippen LogP contribution is 2.50. The summed E-state index contributed by atoms with van der Waals surface area (Å²) >= 11 is 7.62. The third-order valence-electron chi connectivity index (χ3n) is 5.61. The molecule has 0 unspecified atom stereocenters. The summed E-state index contributed by atoms with van der Waals surface area (Å²) in [5, 5.41) is 0.862. The number of nitrogens with two attached hydrogens (primary N) is 2. The average Bonchev–Trinajstić information content (AvgIpc) is 2.67. The van der Waals surface area contributed by atoms with Crippen LogP contribution in [-0.4, -0.2) is 21.8 Å². The number of hydrogen-bond acceptors (Lipinski definition) is 5. The van der Waals surface area contributed by atoms with Gasteiger partial charge in [0.15, 0.2) is 5.17 Å². The number of halogens is 2. The van der Waals surface area contributed by atoms with Crippen LogP contribution in [0.5, 0.6) is 0 Å². The Morgan fingerprint density at radius 1 is 1.32 bits per heavy atom. The fourth-order valence-corrected chi connectivity index (χ4v) is 5.51. The van der Waals surface area contributed by atoms with Crippen molar-refractivity contribution in [3.63, 3.8) is 0 Å². The summed E-state index contributed by atoms with van der Waals surface area (Å²) in [5.74, 6) is 0.0539. The van der Waals surface area contributed by atoms with Gasteiger partial charge in [-0.25, -0.2) is 9.37 Å². The summed E-state index contributed by atoms with van der Waals surface area (Å²) in [6.45, 7) is 0. The number of aromatic nitrogens is 1. The van der Waals surface area contributed by atoms with E-state index in [9.17, 15) is 4.79 Å². The first kappa shape index (κ1) is 19.2. The van der Waals surface area contributed by atoms with Crippen LogP contribution in [0.2, 0.25) is 5.02 Å². The van der Waals surface area contributed by atoms with E-state index in [0.29, 0.717) is 26.9 Å². The van der Waals surface area contributed by atoms with Crippen LogP contribution >= 0.6 is 23.4 Å². The first-order chi connectivity index (χ1) is 13.4. The van der Waals surface area contributed by atoms with Gasteiger partial charge in [-0.2, -0.15) is 0 Å². The first-order valence-corrected chi connectivity index (χ1v) is 10.5. The molecule has 1 aromatic carbocycles. The molecule has 2 atom stereocenters. The maximum absolute atomic E-state index is 15.1. The molecule has 0 spiro atoms. The average molecular weight is 419 g/mol. The zero-order chi connectivity index (χ0) is 19.9. The number of hydrogen-bond donors (Lipinski definition) is 2. The number of amidine groups is 1. The molecule has 4 rings (SSSR count). The number of fused-ring (bicyclic) bond motifs is 1. The summed E-state index contributed by atoms with van der Waals surface area (Å²) in [5.41, 5.74) is 12.6. The molecule has 146 valence electrons. The monoisotopic (exact) mass is 418 g/mol. The smallest absolute Gasteiger partial charge is 0.267 e. The largest absolute Gasteiger partial charge is 0.379 e. The Bertz CT molecular complexity index is 983. The van der Waals surface area contributed by atoms with Gasteiger partial charge in [-0.15, -0.1) is 0 Å². The molecule has 5 nitrogen and oxygen atoms in total. The summed E-state index contributed by atoms with van der Waals surface area (Å²) in [7, 11) is 0. The lowest BCUT2D eigenvalue weighted by Gasteiger charge is -2.44. The quantitative estimate of drug-likeness (QED) is 0.784. The predicted octanol–water partition coefficient (Wildman–Crippen LogP) is 4.09. The Labute approximate surface area is 171 Å². The molecule has 1 aliphatic carbocycles. The summed E-state index contributed by atoms with van der Waals surface area (Å²) in [4.78, 5) is 20.7. The Balaban J connectivity index is 1.90. The molecule has 4 N–H and O–H groups in total. The van der Waals surface area contributed by atoms with Crippen LogP contribution in [0.1, 0.15) is 41.7 Å². The Morgan fingerprint density at radius 2 is 2.14 bits per heavy atom. The lowest BCUT2D eigenvalue weighted by atomic mass is 9.69.